The minimum absolute atomic E-state index is 0.0240. The van der Waals surface area contributed by atoms with Crippen LogP contribution in [0, 0.1) is 12.8 Å². The summed E-state index contributed by atoms with van der Waals surface area (Å²) in [5.74, 6) is -0.158. The second-order valence-electron chi connectivity index (χ2n) is 7.51. The van der Waals surface area contributed by atoms with Gasteiger partial charge in [-0.2, -0.15) is 0 Å². The molecule has 1 aliphatic rings. The van der Waals surface area contributed by atoms with Crippen LogP contribution in [0.1, 0.15) is 70.3 Å². The van der Waals surface area contributed by atoms with Crippen molar-refractivity contribution in [1.82, 2.24) is 5.32 Å². The Morgan fingerprint density at radius 1 is 1.04 bits per heavy atom. The lowest BCUT2D eigenvalue weighted by Crippen LogP contribution is -2.33. The van der Waals surface area contributed by atoms with Crippen LogP contribution in [0.15, 0.2) is 24.3 Å². The number of hydrogen-bond donors (Lipinski definition) is 1. The number of unbranched alkanes of at least 4 members (excludes halogenated alkanes) is 7. The number of anilines is 1. The van der Waals surface area contributed by atoms with Crippen LogP contribution in [0.5, 0.6) is 0 Å². The molecule has 0 aliphatic carbocycles. The van der Waals surface area contributed by atoms with E-state index in [1.807, 2.05) is 31.2 Å². The Hall–Kier alpha value is -1.84. The molecule has 1 fully saturated rings. The summed E-state index contributed by atoms with van der Waals surface area (Å²) >= 11 is 0. The van der Waals surface area contributed by atoms with Crippen molar-refractivity contribution in [1.29, 1.82) is 0 Å². The summed E-state index contributed by atoms with van der Waals surface area (Å²) in [6.07, 6.45) is 10.4. The average Bonchev–Trinajstić information content (AvgIpc) is 3.03. The van der Waals surface area contributed by atoms with Gasteiger partial charge in [-0.15, -0.1) is 0 Å². The minimum Gasteiger partial charge on any atom is -0.356 e. The lowest BCUT2D eigenvalue weighted by molar-refractivity contribution is -0.126. The maximum atomic E-state index is 12.3. The fourth-order valence-electron chi connectivity index (χ4n) is 3.47. The maximum absolute atomic E-state index is 12.3. The van der Waals surface area contributed by atoms with E-state index in [2.05, 4.69) is 12.2 Å². The van der Waals surface area contributed by atoms with Gasteiger partial charge >= 0.3 is 0 Å². The van der Waals surface area contributed by atoms with E-state index < -0.39 is 0 Å². The molecule has 0 bridgehead atoms. The van der Waals surface area contributed by atoms with Gasteiger partial charge in [0.15, 0.2) is 0 Å². The molecule has 4 heteroatoms. The van der Waals surface area contributed by atoms with Crippen molar-refractivity contribution < 1.29 is 9.59 Å². The van der Waals surface area contributed by atoms with Crippen LogP contribution in [0.3, 0.4) is 0 Å². The average molecular weight is 359 g/mol. The Morgan fingerprint density at radius 3 is 2.31 bits per heavy atom. The topological polar surface area (TPSA) is 49.4 Å². The SMILES string of the molecule is CCCCCCCCCCNC(=O)C1CC(=O)N(c2ccc(C)cc2)C1. The minimum atomic E-state index is -0.224. The molecule has 0 saturated carbocycles. The van der Waals surface area contributed by atoms with Crippen LogP contribution in [0.25, 0.3) is 0 Å². The number of hydrogen-bond acceptors (Lipinski definition) is 2. The largest absolute Gasteiger partial charge is 0.356 e. The molecule has 1 aromatic carbocycles. The molecule has 1 aromatic rings. The number of carbonyl (C=O) groups excluding carboxylic acids is 2. The molecule has 0 spiro atoms. The summed E-state index contributed by atoms with van der Waals surface area (Å²) in [7, 11) is 0. The van der Waals surface area contributed by atoms with E-state index in [0.717, 1.165) is 18.7 Å². The molecule has 0 radical (unpaired) electrons. The van der Waals surface area contributed by atoms with Gasteiger partial charge in [-0.1, -0.05) is 69.6 Å². The van der Waals surface area contributed by atoms with Crippen molar-refractivity contribution in [3.05, 3.63) is 29.8 Å². The summed E-state index contributed by atoms with van der Waals surface area (Å²) in [4.78, 5) is 26.3. The molecule has 4 nitrogen and oxygen atoms in total. The number of aryl methyl sites for hydroxylation is 1. The summed E-state index contributed by atoms with van der Waals surface area (Å²) in [6, 6.07) is 7.90. The van der Waals surface area contributed by atoms with Gasteiger partial charge in [-0.25, -0.2) is 0 Å². The van der Waals surface area contributed by atoms with Crippen molar-refractivity contribution in [2.45, 2.75) is 71.6 Å². The molecule has 0 aromatic heterocycles. The highest BCUT2D eigenvalue weighted by atomic mass is 16.2. The lowest BCUT2D eigenvalue weighted by atomic mass is 10.1. The molecule has 1 heterocycles. The van der Waals surface area contributed by atoms with Gasteiger partial charge in [0.05, 0.1) is 5.92 Å². The highest BCUT2D eigenvalue weighted by Gasteiger charge is 2.34. The second-order valence-corrected chi connectivity index (χ2v) is 7.51. The van der Waals surface area contributed by atoms with E-state index in [1.54, 1.807) is 4.90 Å². The third-order valence-corrected chi connectivity index (χ3v) is 5.17. The first-order chi connectivity index (χ1) is 12.6. The smallest absolute Gasteiger partial charge is 0.227 e. The monoisotopic (exact) mass is 358 g/mol. The predicted octanol–water partition coefficient (Wildman–Crippen LogP) is 4.60. The number of nitrogens with zero attached hydrogens (tertiary/aromatic N) is 1. The Balaban J connectivity index is 1.63. The van der Waals surface area contributed by atoms with Crippen molar-refractivity contribution in [3.63, 3.8) is 0 Å². The summed E-state index contributed by atoms with van der Waals surface area (Å²) in [5.41, 5.74) is 2.05. The first kappa shape index (κ1) is 20.5. The summed E-state index contributed by atoms with van der Waals surface area (Å²) in [5, 5.41) is 3.02. The summed E-state index contributed by atoms with van der Waals surface area (Å²) < 4.78 is 0. The van der Waals surface area contributed by atoms with E-state index >= 15 is 0 Å². The lowest BCUT2D eigenvalue weighted by Gasteiger charge is -2.17. The number of rotatable bonds is 11. The van der Waals surface area contributed by atoms with Gasteiger partial charge in [0.2, 0.25) is 11.8 Å². The highest BCUT2D eigenvalue weighted by Crippen LogP contribution is 2.25. The third kappa shape index (κ3) is 6.47. The molecule has 1 aliphatic heterocycles. The molecule has 144 valence electrons. The van der Waals surface area contributed by atoms with E-state index in [9.17, 15) is 9.59 Å². The van der Waals surface area contributed by atoms with Crippen LogP contribution >= 0.6 is 0 Å². The van der Waals surface area contributed by atoms with E-state index in [1.165, 1.54) is 50.5 Å². The number of benzene rings is 1. The predicted molar refractivity (Wildman–Crippen MR) is 107 cm³/mol. The number of amides is 2. The quantitative estimate of drug-likeness (QED) is 0.588. The number of carbonyl (C=O) groups is 2. The van der Waals surface area contributed by atoms with Crippen LogP contribution < -0.4 is 10.2 Å². The molecule has 2 amide bonds. The van der Waals surface area contributed by atoms with E-state index in [4.69, 9.17) is 0 Å². The Kier molecular flexibility index (Phi) is 8.66. The second kappa shape index (κ2) is 11.0. The van der Waals surface area contributed by atoms with E-state index in [0.29, 0.717) is 13.0 Å². The standard InChI is InChI=1S/C22H34N2O2/c1-3-4-5-6-7-8-9-10-15-23-22(26)19-16-21(25)24(17-19)20-13-11-18(2)12-14-20/h11-14,19H,3-10,15-17H2,1-2H3,(H,23,26). The normalized spacial score (nSPS) is 16.9. The molecule has 1 saturated heterocycles. The molecule has 26 heavy (non-hydrogen) atoms. The number of nitrogens with one attached hydrogen (secondary N) is 1. The van der Waals surface area contributed by atoms with Gasteiger partial charge in [0.25, 0.3) is 0 Å². The molecular weight excluding hydrogens is 324 g/mol. The van der Waals surface area contributed by atoms with Crippen molar-refractivity contribution in [2.24, 2.45) is 5.92 Å². The van der Waals surface area contributed by atoms with Gasteiger partial charge in [0, 0.05) is 25.2 Å². The Morgan fingerprint density at radius 2 is 1.65 bits per heavy atom. The van der Waals surface area contributed by atoms with Crippen molar-refractivity contribution in [3.8, 4) is 0 Å². The van der Waals surface area contributed by atoms with Gasteiger partial charge in [-0.05, 0) is 25.5 Å². The van der Waals surface area contributed by atoms with Gasteiger partial charge in [0.1, 0.15) is 0 Å². The van der Waals surface area contributed by atoms with E-state index in [-0.39, 0.29) is 17.7 Å². The third-order valence-electron chi connectivity index (χ3n) is 5.17. The fraction of sp³-hybridized carbons (Fsp3) is 0.636. The Bertz CT molecular complexity index is 568. The zero-order valence-corrected chi connectivity index (χ0v) is 16.4. The van der Waals surface area contributed by atoms with Gasteiger partial charge in [-0.3, -0.25) is 9.59 Å². The van der Waals surface area contributed by atoms with Crippen LogP contribution in [0.2, 0.25) is 0 Å². The first-order valence-corrected chi connectivity index (χ1v) is 10.3. The van der Waals surface area contributed by atoms with Gasteiger partial charge < -0.3 is 10.2 Å². The van der Waals surface area contributed by atoms with Crippen LogP contribution in [0.4, 0.5) is 5.69 Å². The van der Waals surface area contributed by atoms with Crippen molar-refractivity contribution >= 4 is 17.5 Å². The molecule has 1 N–H and O–H groups in total. The molecule has 1 atom stereocenters. The first-order valence-electron chi connectivity index (χ1n) is 10.3. The van der Waals surface area contributed by atoms with Crippen molar-refractivity contribution in [2.75, 3.05) is 18.0 Å². The summed E-state index contributed by atoms with van der Waals surface area (Å²) in [6.45, 7) is 5.48. The highest BCUT2D eigenvalue weighted by molar-refractivity contribution is 6.00. The molecule has 2 rings (SSSR count). The maximum Gasteiger partial charge on any atom is 0.227 e. The molecular formula is C22H34N2O2. The Labute approximate surface area is 158 Å². The zero-order valence-electron chi connectivity index (χ0n) is 16.4. The fourth-order valence-corrected chi connectivity index (χ4v) is 3.47. The molecule has 1 unspecified atom stereocenters. The van der Waals surface area contributed by atoms with Crippen LogP contribution in [-0.2, 0) is 9.59 Å². The zero-order chi connectivity index (χ0) is 18.8. The van der Waals surface area contributed by atoms with Crippen LogP contribution in [-0.4, -0.2) is 24.9 Å².